The number of nitrogens with one attached hydrogen (secondary N) is 1. The van der Waals surface area contributed by atoms with E-state index in [-0.39, 0.29) is 12.5 Å². The number of benzene rings is 2. The van der Waals surface area contributed by atoms with Crippen molar-refractivity contribution in [3.63, 3.8) is 0 Å². The van der Waals surface area contributed by atoms with Crippen LogP contribution in [-0.2, 0) is 17.8 Å². The SMILES string of the molecule is CCc1ccc(NC(=O)Cn2c(-c3cccs3)nc3ccccc32)cc1. The van der Waals surface area contributed by atoms with Gasteiger partial charge in [-0.2, -0.15) is 0 Å². The number of aryl methyl sites for hydroxylation is 1. The summed E-state index contributed by atoms with van der Waals surface area (Å²) in [5, 5.41) is 5.01. The van der Waals surface area contributed by atoms with Crippen LogP contribution in [0, 0.1) is 0 Å². The minimum absolute atomic E-state index is 0.0600. The van der Waals surface area contributed by atoms with Gasteiger partial charge >= 0.3 is 0 Å². The number of anilines is 1. The average Bonchev–Trinajstić information content (AvgIpc) is 3.31. The van der Waals surface area contributed by atoms with Crippen LogP contribution in [0.5, 0.6) is 0 Å². The number of para-hydroxylation sites is 2. The highest BCUT2D eigenvalue weighted by Crippen LogP contribution is 2.28. The Morgan fingerprint density at radius 1 is 1.08 bits per heavy atom. The third-order valence-electron chi connectivity index (χ3n) is 4.34. The third-order valence-corrected chi connectivity index (χ3v) is 5.21. The topological polar surface area (TPSA) is 46.9 Å². The van der Waals surface area contributed by atoms with E-state index in [1.54, 1.807) is 11.3 Å². The van der Waals surface area contributed by atoms with Gasteiger partial charge in [-0.15, -0.1) is 11.3 Å². The van der Waals surface area contributed by atoms with Crippen LogP contribution in [0.4, 0.5) is 5.69 Å². The molecule has 2 heterocycles. The first kappa shape index (κ1) is 16.5. The zero-order valence-electron chi connectivity index (χ0n) is 14.5. The maximum atomic E-state index is 12.6. The number of amides is 1. The van der Waals surface area contributed by atoms with E-state index in [2.05, 4.69) is 12.2 Å². The van der Waals surface area contributed by atoms with Gasteiger partial charge in [-0.25, -0.2) is 4.98 Å². The quantitative estimate of drug-likeness (QED) is 0.546. The average molecular weight is 361 g/mol. The van der Waals surface area contributed by atoms with Crippen LogP contribution in [0.25, 0.3) is 21.7 Å². The van der Waals surface area contributed by atoms with Gasteiger partial charge in [0.15, 0.2) is 5.82 Å². The zero-order valence-corrected chi connectivity index (χ0v) is 15.3. The number of hydrogen-bond donors (Lipinski definition) is 1. The summed E-state index contributed by atoms with van der Waals surface area (Å²) in [7, 11) is 0. The highest BCUT2D eigenvalue weighted by molar-refractivity contribution is 7.13. The lowest BCUT2D eigenvalue weighted by atomic mass is 10.1. The molecule has 0 unspecified atom stereocenters. The summed E-state index contributed by atoms with van der Waals surface area (Å²) >= 11 is 1.63. The Balaban J connectivity index is 1.63. The molecule has 0 bridgehead atoms. The number of carbonyl (C=O) groups excluding carboxylic acids is 1. The normalized spacial score (nSPS) is 11.0. The Morgan fingerprint density at radius 2 is 1.88 bits per heavy atom. The number of carbonyl (C=O) groups is 1. The van der Waals surface area contributed by atoms with Crippen molar-refractivity contribution in [2.75, 3.05) is 5.32 Å². The fourth-order valence-corrected chi connectivity index (χ4v) is 3.72. The van der Waals surface area contributed by atoms with Crippen LogP contribution in [0.15, 0.2) is 66.0 Å². The van der Waals surface area contributed by atoms with Gasteiger partial charge in [0.2, 0.25) is 5.91 Å². The molecule has 4 rings (SSSR count). The van der Waals surface area contributed by atoms with Gasteiger partial charge in [0.1, 0.15) is 6.54 Å². The maximum Gasteiger partial charge on any atom is 0.244 e. The summed E-state index contributed by atoms with van der Waals surface area (Å²) in [4.78, 5) is 18.4. The number of thiophene rings is 1. The van der Waals surface area contributed by atoms with E-state index >= 15 is 0 Å². The molecule has 0 atom stereocenters. The molecule has 2 aromatic carbocycles. The highest BCUT2D eigenvalue weighted by Gasteiger charge is 2.15. The standard InChI is InChI=1S/C21H19N3OS/c1-2-15-9-11-16(12-10-15)22-20(25)14-24-18-7-4-3-6-17(18)23-21(24)19-8-5-13-26-19/h3-13H,2,14H2,1H3,(H,22,25). The minimum Gasteiger partial charge on any atom is -0.325 e. The lowest BCUT2D eigenvalue weighted by Gasteiger charge is -2.10. The molecule has 130 valence electrons. The summed E-state index contributed by atoms with van der Waals surface area (Å²) in [6.45, 7) is 2.34. The number of fused-ring (bicyclic) bond motifs is 1. The molecule has 2 aromatic heterocycles. The first-order valence-electron chi connectivity index (χ1n) is 8.62. The molecule has 0 aliphatic heterocycles. The molecule has 26 heavy (non-hydrogen) atoms. The molecule has 1 amide bonds. The van der Waals surface area contributed by atoms with E-state index in [9.17, 15) is 4.79 Å². The van der Waals surface area contributed by atoms with Crippen LogP contribution < -0.4 is 5.32 Å². The molecule has 0 aliphatic rings. The second-order valence-corrected chi connectivity index (χ2v) is 7.03. The van der Waals surface area contributed by atoms with Gasteiger partial charge in [-0.1, -0.05) is 37.3 Å². The molecular weight excluding hydrogens is 342 g/mol. The Morgan fingerprint density at radius 3 is 2.62 bits per heavy atom. The first-order chi connectivity index (χ1) is 12.7. The predicted octanol–water partition coefficient (Wildman–Crippen LogP) is 4.97. The molecular formula is C21H19N3OS. The van der Waals surface area contributed by atoms with E-state index in [1.807, 2.05) is 70.6 Å². The predicted molar refractivity (Wildman–Crippen MR) is 107 cm³/mol. The maximum absolute atomic E-state index is 12.6. The van der Waals surface area contributed by atoms with Crippen LogP contribution in [-0.4, -0.2) is 15.5 Å². The van der Waals surface area contributed by atoms with Crippen LogP contribution in [0.1, 0.15) is 12.5 Å². The van der Waals surface area contributed by atoms with Crippen molar-refractivity contribution in [3.8, 4) is 10.7 Å². The number of nitrogens with zero attached hydrogens (tertiary/aromatic N) is 2. The molecule has 0 spiro atoms. The lowest BCUT2D eigenvalue weighted by Crippen LogP contribution is -2.19. The van der Waals surface area contributed by atoms with E-state index in [0.717, 1.165) is 33.8 Å². The number of hydrogen-bond acceptors (Lipinski definition) is 3. The van der Waals surface area contributed by atoms with E-state index in [1.165, 1.54) is 5.56 Å². The van der Waals surface area contributed by atoms with Crippen molar-refractivity contribution < 1.29 is 4.79 Å². The van der Waals surface area contributed by atoms with Crippen molar-refractivity contribution in [1.82, 2.24) is 9.55 Å². The van der Waals surface area contributed by atoms with E-state index < -0.39 is 0 Å². The summed E-state index contributed by atoms with van der Waals surface area (Å²) in [5.74, 6) is 0.771. The monoisotopic (exact) mass is 361 g/mol. The fourth-order valence-electron chi connectivity index (χ4n) is 3.00. The Labute approximate surface area is 156 Å². The molecule has 5 heteroatoms. The van der Waals surface area contributed by atoms with Crippen molar-refractivity contribution in [2.24, 2.45) is 0 Å². The zero-order chi connectivity index (χ0) is 17.9. The Kier molecular flexibility index (Phi) is 4.54. The molecule has 0 aliphatic carbocycles. The fraction of sp³-hybridized carbons (Fsp3) is 0.143. The molecule has 4 nitrogen and oxygen atoms in total. The van der Waals surface area contributed by atoms with Gasteiger partial charge < -0.3 is 9.88 Å². The second-order valence-electron chi connectivity index (χ2n) is 6.09. The van der Waals surface area contributed by atoms with Gasteiger partial charge in [0, 0.05) is 5.69 Å². The first-order valence-corrected chi connectivity index (χ1v) is 9.50. The molecule has 0 radical (unpaired) electrons. The summed E-state index contributed by atoms with van der Waals surface area (Å²) < 4.78 is 1.98. The van der Waals surface area contributed by atoms with Crippen LogP contribution in [0.2, 0.25) is 0 Å². The molecule has 0 saturated carbocycles. The number of imidazole rings is 1. The summed E-state index contributed by atoms with van der Waals surface area (Å²) in [6.07, 6.45) is 0.986. The smallest absolute Gasteiger partial charge is 0.244 e. The molecule has 0 saturated heterocycles. The van der Waals surface area contributed by atoms with Crippen molar-refractivity contribution in [3.05, 3.63) is 71.6 Å². The Hall–Kier alpha value is -2.92. The Bertz CT molecular complexity index is 1030. The lowest BCUT2D eigenvalue weighted by molar-refractivity contribution is -0.116. The second kappa shape index (κ2) is 7.14. The molecule has 1 N–H and O–H groups in total. The largest absolute Gasteiger partial charge is 0.325 e. The van der Waals surface area contributed by atoms with Gasteiger partial charge in [0.25, 0.3) is 0 Å². The molecule has 4 aromatic rings. The highest BCUT2D eigenvalue weighted by atomic mass is 32.1. The molecule has 0 fully saturated rings. The van der Waals surface area contributed by atoms with Crippen LogP contribution >= 0.6 is 11.3 Å². The van der Waals surface area contributed by atoms with Gasteiger partial charge in [-0.3, -0.25) is 4.79 Å². The van der Waals surface area contributed by atoms with E-state index in [4.69, 9.17) is 4.98 Å². The van der Waals surface area contributed by atoms with Gasteiger partial charge in [-0.05, 0) is 47.7 Å². The van der Waals surface area contributed by atoms with Gasteiger partial charge in [0.05, 0.1) is 15.9 Å². The van der Waals surface area contributed by atoms with Crippen molar-refractivity contribution >= 4 is 34.0 Å². The van der Waals surface area contributed by atoms with Crippen molar-refractivity contribution in [2.45, 2.75) is 19.9 Å². The minimum atomic E-state index is -0.0600. The summed E-state index contributed by atoms with van der Waals surface area (Å²) in [5.41, 5.74) is 3.93. The van der Waals surface area contributed by atoms with Crippen LogP contribution in [0.3, 0.4) is 0 Å². The number of rotatable bonds is 5. The number of aromatic nitrogens is 2. The van der Waals surface area contributed by atoms with E-state index in [0.29, 0.717) is 0 Å². The third kappa shape index (κ3) is 3.26. The summed E-state index contributed by atoms with van der Waals surface area (Å²) in [6, 6.07) is 19.9. The van der Waals surface area contributed by atoms with Crippen molar-refractivity contribution in [1.29, 1.82) is 0 Å².